The Bertz CT molecular complexity index is 174. The minimum atomic E-state index is 0.221. The SMILES string of the molecule is CO[C@@H]1C=C(C)C[C@@H]2O[C@@H]21. The van der Waals surface area contributed by atoms with Crippen LogP contribution >= 0.6 is 0 Å². The molecule has 1 fully saturated rings. The smallest absolute Gasteiger partial charge is 0.114 e. The van der Waals surface area contributed by atoms with E-state index in [4.69, 9.17) is 9.47 Å². The summed E-state index contributed by atoms with van der Waals surface area (Å²) in [7, 11) is 1.73. The summed E-state index contributed by atoms with van der Waals surface area (Å²) in [5, 5.41) is 0. The van der Waals surface area contributed by atoms with E-state index in [0.717, 1.165) is 6.42 Å². The van der Waals surface area contributed by atoms with Crippen molar-refractivity contribution in [1.82, 2.24) is 0 Å². The molecule has 56 valence electrons. The normalized spacial score (nSPS) is 44.2. The van der Waals surface area contributed by atoms with E-state index < -0.39 is 0 Å². The average molecular weight is 140 g/mol. The molecule has 0 saturated carbocycles. The van der Waals surface area contributed by atoms with Crippen molar-refractivity contribution in [1.29, 1.82) is 0 Å². The fraction of sp³-hybridized carbons (Fsp3) is 0.750. The Labute approximate surface area is 60.8 Å². The standard InChI is InChI=1S/C8H12O2/c1-5-3-6(9-2)8-7(4-5)10-8/h3,6-8H,4H2,1-2H3/t6-,7+,8-/m1/s1. The summed E-state index contributed by atoms with van der Waals surface area (Å²) < 4.78 is 10.6. The zero-order valence-corrected chi connectivity index (χ0v) is 6.33. The Kier molecular flexibility index (Phi) is 1.32. The van der Waals surface area contributed by atoms with Gasteiger partial charge in [-0.2, -0.15) is 0 Å². The first-order valence-corrected chi connectivity index (χ1v) is 3.67. The molecule has 0 aromatic carbocycles. The van der Waals surface area contributed by atoms with Gasteiger partial charge in [-0.3, -0.25) is 0 Å². The number of rotatable bonds is 1. The number of hydrogen-bond donors (Lipinski definition) is 0. The minimum absolute atomic E-state index is 0.221. The van der Waals surface area contributed by atoms with Crippen LogP contribution in [0, 0.1) is 0 Å². The number of ether oxygens (including phenoxy) is 2. The molecule has 2 aliphatic rings. The highest BCUT2D eigenvalue weighted by Gasteiger charge is 2.46. The molecule has 2 nitrogen and oxygen atoms in total. The van der Waals surface area contributed by atoms with E-state index in [1.807, 2.05) is 0 Å². The second-order valence-electron chi connectivity index (χ2n) is 3.06. The van der Waals surface area contributed by atoms with Crippen LogP contribution in [0.25, 0.3) is 0 Å². The fourth-order valence-electron chi connectivity index (χ4n) is 1.57. The lowest BCUT2D eigenvalue weighted by Crippen LogP contribution is -2.21. The Balaban J connectivity index is 2.11. The molecule has 0 bridgehead atoms. The Morgan fingerprint density at radius 1 is 1.70 bits per heavy atom. The Hall–Kier alpha value is -0.340. The summed E-state index contributed by atoms with van der Waals surface area (Å²) in [6.45, 7) is 2.13. The van der Waals surface area contributed by atoms with Crippen LogP contribution in [0.4, 0.5) is 0 Å². The van der Waals surface area contributed by atoms with Crippen molar-refractivity contribution in [3.8, 4) is 0 Å². The van der Waals surface area contributed by atoms with Gasteiger partial charge in [-0.25, -0.2) is 0 Å². The maximum atomic E-state index is 5.37. The molecule has 0 aromatic rings. The van der Waals surface area contributed by atoms with Gasteiger partial charge in [0.25, 0.3) is 0 Å². The third-order valence-electron chi connectivity index (χ3n) is 2.19. The van der Waals surface area contributed by atoms with Gasteiger partial charge in [0.2, 0.25) is 0 Å². The summed E-state index contributed by atoms with van der Waals surface area (Å²) in [5.41, 5.74) is 1.39. The molecule has 1 heterocycles. The topological polar surface area (TPSA) is 21.8 Å². The summed E-state index contributed by atoms with van der Waals surface area (Å²) in [6.07, 6.45) is 4.32. The molecule has 2 rings (SSSR count). The first kappa shape index (κ1) is 6.38. The maximum Gasteiger partial charge on any atom is 0.114 e. The first-order chi connectivity index (χ1) is 4.81. The molecule has 0 unspecified atom stereocenters. The Morgan fingerprint density at radius 3 is 3.20 bits per heavy atom. The van der Waals surface area contributed by atoms with E-state index in [-0.39, 0.29) is 6.10 Å². The van der Waals surface area contributed by atoms with Gasteiger partial charge in [0, 0.05) is 7.11 Å². The highest BCUT2D eigenvalue weighted by Crippen LogP contribution is 2.37. The van der Waals surface area contributed by atoms with Crippen LogP contribution in [0.1, 0.15) is 13.3 Å². The van der Waals surface area contributed by atoms with E-state index in [1.54, 1.807) is 7.11 Å². The van der Waals surface area contributed by atoms with Gasteiger partial charge in [-0.15, -0.1) is 0 Å². The van der Waals surface area contributed by atoms with Crippen LogP contribution in [-0.4, -0.2) is 25.4 Å². The van der Waals surface area contributed by atoms with E-state index in [2.05, 4.69) is 13.0 Å². The molecule has 3 atom stereocenters. The highest BCUT2D eigenvalue weighted by molar-refractivity contribution is 5.17. The van der Waals surface area contributed by atoms with Gasteiger partial charge < -0.3 is 9.47 Å². The van der Waals surface area contributed by atoms with Gasteiger partial charge in [0.15, 0.2) is 0 Å². The van der Waals surface area contributed by atoms with E-state index in [0.29, 0.717) is 12.2 Å². The van der Waals surface area contributed by atoms with Crippen LogP contribution in [0.15, 0.2) is 11.6 Å². The van der Waals surface area contributed by atoms with E-state index >= 15 is 0 Å². The molecule has 0 radical (unpaired) electrons. The van der Waals surface area contributed by atoms with Crippen LogP contribution in [0.3, 0.4) is 0 Å². The Morgan fingerprint density at radius 2 is 2.50 bits per heavy atom. The lowest BCUT2D eigenvalue weighted by Gasteiger charge is -2.13. The predicted octanol–water partition coefficient (Wildman–Crippen LogP) is 1.12. The first-order valence-electron chi connectivity index (χ1n) is 3.67. The van der Waals surface area contributed by atoms with Gasteiger partial charge in [0.1, 0.15) is 12.2 Å². The second-order valence-corrected chi connectivity index (χ2v) is 3.06. The molecule has 1 aliphatic carbocycles. The molecule has 2 heteroatoms. The second kappa shape index (κ2) is 2.07. The lowest BCUT2D eigenvalue weighted by atomic mass is 9.99. The van der Waals surface area contributed by atoms with Gasteiger partial charge >= 0.3 is 0 Å². The third-order valence-corrected chi connectivity index (χ3v) is 2.19. The molecular weight excluding hydrogens is 128 g/mol. The highest BCUT2D eigenvalue weighted by atomic mass is 16.6. The van der Waals surface area contributed by atoms with Crippen LogP contribution in [-0.2, 0) is 9.47 Å². The van der Waals surface area contributed by atoms with E-state index in [9.17, 15) is 0 Å². The molecule has 10 heavy (non-hydrogen) atoms. The summed E-state index contributed by atoms with van der Waals surface area (Å²) in [6, 6.07) is 0. The third kappa shape index (κ3) is 0.879. The molecule has 0 amide bonds. The van der Waals surface area contributed by atoms with Crippen molar-refractivity contribution >= 4 is 0 Å². The van der Waals surface area contributed by atoms with Crippen molar-refractivity contribution in [2.45, 2.75) is 31.7 Å². The van der Waals surface area contributed by atoms with Crippen molar-refractivity contribution < 1.29 is 9.47 Å². The molecular formula is C8H12O2. The van der Waals surface area contributed by atoms with Crippen molar-refractivity contribution in [3.63, 3.8) is 0 Å². The average Bonchev–Trinajstić information content (AvgIpc) is 2.64. The van der Waals surface area contributed by atoms with E-state index in [1.165, 1.54) is 5.57 Å². The van der Waals surface area contributed by atoms with Gasteiger partial charge in [-0.05, 0) is 13.3 Å². The monoisotopic (exact) mass is 140 g/mol. The zero-order valence-electron chi connectivity index (χ0n) is 6.33. The van der Waals surface area contributed by atoms with Crippen molar-refractivity contribution in [2.24, 2.45) is 0 Å². The molecule has 1 saturated heterocycles. The number of methoxy groups -OCH3 is 1. The summed E-state index contributed by atoms with van der Waals surface area (Å²) in [4.78, 5) is 0. The number of fused-ring (bicyclic) bond motifs is 1. The number of epoxide rings is 1. The molecule has 0 aromatic heterocycles. The quantitative estimate of drug-likeness (QED) is 0.402. The maximum absolute atomic E-state index is 5.37. The van der Waals surface area contributed by atoms with Crippen LogP contribution in [0.2, 0.25) is 0 Å². The van der Waals surface area contributed by atoms with Crippen molar-refractivity contribution in [2.75, 3.05) is 7.11 Å². The lowest BCUT2D eigenvalue weighted by molar-refractivity contribution is 0.112. The van der Waals surface area contributed by atoms with Crippen LogP contribution in [0.5, 0.6) is 0 Å². The van der Waals surface area contributed by atoms with Crippen molar-refractivity contribution in [3.05, 3.63) is 11.6 Å². The largest absolute Gasteiger partial charge is 0.375 e. The van der Waals surface area contributed by atoms with Crippen LogP contribution < -0.4 is 0 Å². The van der Waals surface area contributed by atoms with Gasteiger partial charge in [0.05, 0.1) is 6.10 Å². The predicted molar refractivity (Wildman–Crippen MR) is 37.8 cm³/mol. The number of hydrogen-bond acceptors (Lipinski definition) is 2. The fourth-order valence-corrected chi connectivity index (χ4v) is 1.57. The summed E-state index contributed by atoms with van der Waals surface area (Å²) >= 11 is 0. The molecule has 1 aliphatic heterocycles. The molecule has 0 N–H and O–H groups in total. The minimum Gasteiger partial charge on any atom is -0.375 e. The zero-order chi connectivity index (χ0) is 7.14. The van der Waals surface area contributed by atoms with Gasteiger partial charge in [-0.1, -0.05) is 11.6 Å². The summed E-state index contributed by atoms with van der Waals surface area (Å²) in [5.74, 6) is 0. The molecule has 0 spiro atoms.